The van der Waals surface area contributed by atoms with Gasteiger partial charge in [-0.3, -0.25) is 4.79 Å². The highest BCUT2D eigenvalue weighted by atomic mass is 16.2. The summed E-state index contributed by atoms with van der Waals surface area (Å²) < 4.78 is 2.55. The molecule has 4 rings (SSSR count). The van der Waals surface area contributed by atoms with Crippen LogP contribution in [0.3, 0.4) is 0 Å². The van der Waals surface area contributed by atoms with E-state index in [0.717, 1.165) is 53.2 Å². The Bertz CT molecular complexity index is 1070. The summed E-state index contributed by atoms with van der Waals surface area (Å²) in [5.74, 6) is 0.855. The highest BCUT2D eigenvalue weighted by Gasteiger charge is 2.16. The number of anilines is 2. The first kappa shape index (κ1) is 19.2. The Hall–Kier alpha value is -3.16. The molecule has 0 bridgehead atoms. The average molecular weight is 394 g/mol. The first-order chi connectivity index (χ1) is 14.0. The zero-order valence-electron chi connectivity index (χ0n) is 16.9. The van der Waals surface area contributed by atoms with Gasteiger partial charge in [-0.25, -0.2) is 13.9 Å². The van der Waals surface area contributed by atoms with E-state index in [-0.39, 0.29) is 18.1 Å². The highest BCUT2D eigenvalue weighted by molar-refractivity contribution is 5.92. The lowest BCUT2D eigenvalue weighted by Crippen LogP contribution is -2.28. The molecule has 0 aliphatic carbocycles. The summed E-state index contributed by atoms with van der Waals surface area (Å²) in [6.45, 7) is 5.65. The molecular weight excluding hydrogens is 368 g/mol. The first-order valence-electron chi connectivity index (χ1n) is 10.1. The summed E-state index contributed by atoms with van der Waals surface area (Å²) in [6.07, 6.45) is 6.46. The largest absolute Gasteiger partial charge is 0.356 e. The Morgan fingerprint density at radius 2 is 1.76 bits per heavy atom. The van der Waals surface area contributed by atoms with Crippen molar-refractivity contribution in [1.82, 2.24) is 19.2 Å². The Morgan fingerprint density at radius 1 is 1.07 bits per heavy atom. The SMILES string of the molecule is Cc1cccc(C)c1NC(=O)Cn1nc2nc(N3CCCCCC3)ccn2c1=O. The molecule has 0 saturated carbocycles. The van der Waals surface area contributed by atoms with Crippen molar-refractivity contribution >= 4 is 23.2 Å². The second-order valence-electron chi connectivity index (χ2n) is 7.61. The van der Waals surface area contributed by atoms with E-state index in [1.165, 1.54) is 17.2 Å². The van der Waals surface area contributed by atoms with Crippen LogP contribution in [0.15, 0.2) is 35.3 Å². The quantitative estimate of drug-likeness (QED) is 0.735. The van der Waals surface area contributed by atoms with E-state index >= 15 is 0 Å². The number of nitrogens with one attached hydrogen (secondary N) is 1. The molecule has 1 saturated heterocycles. The first-order valence-corrected chi connectivity index (χ1v) is 10.1. The monoisotopic (exact) mass is 394 g/mol. The minimum Gasteiger partial charge on any atom is -0.356 e. The minimum atomic E-state index is -0.369. The molecule has 1 N–H and O–H groups in total. The Balaban J connectivity index is 1.55. The maximum absolute atomic E-state index is 12.6. The van der Waals surface area contributed by atoms with Crippen LogP contribution in [0.25, 0.3) is 5.78 Å². The molecule has 0 atom stereocenters. The van der Waals surface area contributed by atoms with Crippen LogP contribution in [0.4, 0.5) is 11.5 Å². The van der Waals surface area contributed by atoms with Crippen molar-refractivity contribution in [1.29, 1.82) is 0 Å². The van der Waals surface area contributed by atoms with Crippen LogP contribution < -0.4 is 15.9 Å². The topological polar surface area (TPSA) is 84.5 Å². The van der Waals surface area contributed by atoms with Gasteiger partial charge in [0.2, 0.25) is 5.91 Å². The van der Waals surface area contributed by atoms with Gasteiger partial charge in [-0.15, -0.1) is 5.10 Å². The van der Waals surface area contributed by atoms with E-state index in [9.17, 15) is 9.59 Å². The number of fused-ring (bicyclic) bond motifs is 1. The predicted molar refractivity (Wildman–Crippen MR) is 112 cm³/mol. The van der Waals surface area contributed by atoms with Crippen molar-refractivity contribution in [3.8, 4) is 0 Å². The maximum atomic E-state index is 12.6. The summed E-state index contributed by atoms with van der Waals surface area (Å²) >= 11 is 0. The summed E-state index contributed by atoms with van der Waals surface area (Å²) in [4.78, 5) is 31.9. The Kier molecular flexibility index (Phi) is 5.33. The van der Waals surface area contributed by atoms with Crippen LogP contribution in [0.2, 0.25) is 0 Å². The molecule has 1 amide bonds. The molecule has 152 valence electrons. The maximum Gasteiger partial charge on any atom is 0.352 e. The van der Waals surface area contributed by atoms with E-state index in [1.807, 2.05) is 38.1 Å². The van der Waals surface area contributed by atoms with Crippen LogP contribution in [0.1, 0.15) is 36.8 Å². The summed E-state index contributed by atoms with van der Waals surface area (Å²) in [5.41, 5.74) is 2.36. The zero-order valence-corrected chi connectivity index (χ0v) is 16.9. The molecule has 1 aliphatic heterocycles. The van der Waals surface area contributed by atoms with Crippen molar-refractivity contribution < 1.29 is 4.79 Å². The molecule has 3 aromatic rings. The number of benzene rings is 1. The second kappa shape index (κ2) is 8.06. The summed E-state index contributed by atoms with van der Waals surface area (Å²) in [6, 6.07) is 7.67. The van der Waals surface area contributed by atoms with Crippen molar-refractivity contribution in [2.75, 3.05) is 23.3 Å². The Morgan fingerprint density at radius 3 is 2.45 bits per heavy atom. The van der Waals surface area contributed by atoms with Crippen molar-refractivity contribution in [2.45, 2.75) is 46.1 Å². The smallest absolute Gasteiger partial charge is 0.352 e. The van der Waals surface area contributed by atoms with Gasteiger partial charge in [0.1, 0.15) is 12.4 Å². The standard InChI is InChI=1S/C21H26N6O2/c1-15-8-7-9-16(2)19(15)23-18(28)14-27-21(29)26-13-10-17(22-20(26)24-27)25-11-5-3-4-6-12-25/h7-10,13H,3-6,11-12,14H2,1-2H3,(H,23,28). The molecule has 1 fully saturated rings. The summed E-state index contributed by atoms with van der Waals surface area (Å²) in [7, 11) is 0. The molecule has 8 nitrogen and oxygen atoms in total. The third-order valence-corrected chi connectivity index (χ3v) is 5.41. The van der Waals surface area contributed by atoms with Crippen LogP contribution in [0.5, 0.6) is 0 Å². The van der Waals surface area contributed by atoms with Gasteiger partial charge in [0.25, 0.3) is 5.78 Å². The number of amides is 1. The van der Waals surface area contributed by atoms with Crippen molar-refractivity contribution in [3.05, 3.63) is 52.1 Å². The van der Waals surface area contributed by atoms with Crippen molar-refractivity contribution in [3.63, 3.8) is 0 Å². The fourth-order valence-electron chi connectivity index (χ4n) is 3.80. The number of carbonyl (C=O) groups is 1. The number of carbonyl (C=O) groups excluding carboxylic acids is 1. The highest BCUT2D eigenvalue weighted by Crippen LogP contribution is 2.19. The van der Waals surface area contributed by atoms with E-state index < -0.39 is 0 Å². The summed E-state index contributed by atoms with van der Waals surface area (Å²) in [5, 5.41) is 7.18. The van der Waals surface area contributed by atoms with E-state index in [2.05, 4.69) is 20.3 Å². The molecule has 2 aromatic heterocycles. The van der Waals surface area contributed by atoms with Gasteiger partial charge in [-0.1, -0.05) is 31.0 Å². The molecule has 3 heterocycles. The number of rotatable bonds is 4. The predicted octanol–water partition coefficient (Wildman–Crippen LogP) is 2.53. The Labute approximate surface area is 169 Å². The lowest BCUT2D eigenvalue weighted by Gasteiger charge is -2.20. The number of nitrogens with zero attached hydrogens (tertiary/aromatic N) is 5. The number of hydrogen-bond acceptors (Lipinski definition) is 5. The van der Waals surface area contributed by atoms with Gasteiger partial charge in [-0.2, -0.15) is 4.98 Å². The third-order valence-electron chi connectivity index (χ3n) is 5.41. The third kappa shape index (κ3) is 4.01. The lowest BCUT2D eigenvalue weighted by molar-refractivity contribution is -0.117. The molecular formula is C21H26N6O2. The van der Waals surface area contributed by atoms with E-state index in [1.54, 1.807) is 6.20 Å². The van der Waals surface area contributed by atoms with Crippen LogP contribution >= 0.6 is 0 Å². The number of para-hydroxylation sites is 1. The van der Waals surface area contributed by atoms with Gasteiger partial charge < -0.3 is 10.2 Å². The van der Waals surface area contributed by atoms with Gasteiger partial charge in [-0.05, 0) is 43.9 Å². The second-order valence-corrected chi connectivity index (χ2v) is 7.61. The fourth-order valence-corrected chi connectivity index (χ4v) is 3.80. The molecule has 29 heavy (non-hydrogen) atoms. The van der Waals surface area contributed by atoms with Gasteiger partial charge in [0, 0.05) is 25.0 Å². The van der Waals surface area contributed by atoms with Crippen LogP contribution in [0, 0.1) is 13.8 Å². The van der Waals surface area contributed by atoms with Crippen LogP contribution in [-0.2, 0) is 11.3 Å². The van der Waals surface area contributed by atoms with E-state index in [0.29, 0.717) is 5.78 Å². The van der Waals surface area contributed by atoms with Gasteiger partial charge in [0.05, 0.1) is 0 Å². The normalized spacial score (nSPS) is 14.8. The molecule has 1 aromatic carbocycles. The van der Waals surface area contributed by atoms with Gasteiger partial charge >= 0.3 is 5.69 Å². The fraction of sp³-hybridized carbons (Fsp3) is 0.429. The number of aromatic nitrogens is 4. The molecule has 1 aliphatic rings. The minimum absolute atomic E-state index is 0.158. The number of hydrogen-bond donors (Lipinski definition) is 1. The molecule has 0 spiro atoms. The van der Waals surface area contributed by atoms with Crippen LogP contribution in [-0.4, -0.2) is 38.2 Å². The number of aryl methyl sites for hydroxylation is 2. The average Bonchev–Trinajstić information content (AvgIpc) is 2.88. The zero-order chi connectivity index (χ0) is 20.4. The lowest BCUT2D eigenvalue weighted by atomic mass is 10.1. The molecule has 0 unspecified atom stereocenters. The van der Waals surface area contributed by atoms with E-state index in [4.69, 9.17) is 0 Å². The van der Waals surface area contributed by atoms with Gasteiger partial charge in [0.15, 0.2) is 0 Å². The van der Waals surface area contributed by atoms with Crippen molar-refractivity contribution in [2.24, 2.45) is 0 Å². The molecule has 0 radical (unpaired) electrons. The molecule has 8 heteroatoms.